The van der Waals surface area contributed by atoms with Gasteiger partial charge in [0.1, 0.15) is 0 Å². The number of nitrogens with zero attached hydrogens (tertiary/aromatic N) is 2. The summed E-state index contributed by atoms with van der Waals surface area (Å²) in [7, 11) is 0. The molecule has 0 spiro atoms. The van der Waals surface area contributed by atoms with Gasteiger partial charge in [0, 0.05) is 11.3 Å². The van der Waals surface area contributed by atoms with Crippen molar-refractivity contribution in [2.75, 3.05) is 0 Å². The number of aliphatic carboxylic acids is 2. The van der Waals surface area contributed by atoms with Crippen molar-refractivity contribution >= 4 is 11.9 Å². The third-order valence-corrected chi connectivity index (χ3v) is 2.94. The molecule has 0 aliphatic heterocycles. The second kappa shape index (κ2) is 5.56. The fourth-order valence-corrected chi connectivity index (χ4v) is 2.00. The predicted molar refractivity (Wildman–Crippen MR) is 71.3 cm³/mol. The topological polar surface area (TPSA) is 92.4 Å². The quantitative estimate of drug-likeness (QED) is 0.869. The number of carboxylic acids is 2. The van der Waals surface area contributed by atoms with E-state index in [4.69, 9.17) is 10.2 Å². The molecule has 1 heterocycles. The first-order chi connectivity index (χ1) is 9.49. The molecule has 6 nitrogen and oxygen atoms in total. The van der Waals surface area contributed by atoms with Gasteiger partial charge in [0.05, 0.1) is 12.1 Å². The van der Waals surface area contributed by atoms with E-state index in [1.807, 2.05) is 30.3 Å². The molecule has 2 aromatic rings. The van der Waals surface area contributed by atoms with Crippen LogP contribution in [0.2, 0.25) is 0 Å². The molecule has 2 N–H and O–H groups in total. The zero-order chi connectivity index (χ0) is 14.7. The normalized spacial score (nSPS) is 12.1. The van der Waals surface area contributed by atoms with Gasteiger partial charge in [-0.05, 0) is 13.0 Å². The molecule has 0 unspecified atom stereocenters. The van der Waals surface area contributed by atoms with Crippen molar-refractivity contribution in [2.45, 2.75) is 19.4 Å². The Labute approximate surface area is 115 Å². The molecular formula is C14H14N2O4. The van der Waals surface area contributed by atoms with Gasteiger partial charge < -0.3 is 10.2 Å². The van der Waals surface area contributed by atoms with Gasteiger partial charge in [0.2, 0.25) is 0 Å². The van der Waals surface area contributed by atoms with Crippen LogP contribution in [0.4, 0.5) is 0 Å². The largest absolute Gasteiger partial charge is 0.481 e. The molecule has 1 aromatic carbocycles. The van der Waals surface area contributed by atoms with Crippen LogP contribution in [0.15, 0.2) is 36.4 Å². The lowest BCUT2D eigenvalue weighted by Crippen LogP contribution is -2.24. The Morgan fingerprint density at radius 1 is 1.25 bits per heavy atom. The highest BCUT2D eigenvalue weighted by Gasteiger charge is 2.25. The number of aromatic nitrogens is 2. The number of aryl methyl sites for hydroxylation is 1. The average Bonchev–Trinajstić information content (AvgIpc) is 2.78. The van der Waals surface area contributed by atoms with Crippen LogP contribution in [-0.4, -0.2) is 31.9 Å². The van der Waals surface area contributed by atoms with Gasteiger partial charge in [-0.1, -0.05) is 30.3 Å². The molecule has 0 aliphatic carbocycles. The van der Waals surface area contributed by atoms with Crippen LogP contribution in [0.5, 0.6) is 0 Å². The second-order valence-corrected chi connectivity index (χ2v) is 4.43. The zero-order valence-electron chi connectivity index (χ0n) is 10.9. The molecule has 0 saturated carbocycles. The Bertz CT molecular complexity index is 634. The van der Waals surface area contributed by atoms with Crippen LogP contribution in [-0.2, 0) is 9.59 Å². The molecule has 0 bridgehead atoms. The van der Waals surface area contributed by atoms with Crippen molar-refractivity contribution in [1.29, 1.82) is 0 Å². The number of carboxylic acid groups (broad SMARTS) is 2. The summed E-state index contributed by atoms with van der Waals surface area (Å²) in [4.78, 5) is 22.0. The van der Waals surface area contributed by atoms with E-state index in [2.05, 4.69) is 5.10 Å². The standard InChI is InChI=1S/C14H14N2O4/c1-9-7-11(10-5-3-2-4-6-10)15-16(9)12(14(19)20)8-13(17)18/h2-7,12H,8H2,1H3,(H,17,18)(H,19,20)/t12-/m0/s1. The molecular weight excluding hydrogens is 260 g/mol. The van der Waals surface area contributed by atoms with Crippen LogP contribution in [0.3, 0.4) is 0 Å². The Morgan fingerprint density at radius 2 is 1.90 bits per heavy atom. The van der Waals surface area contributed by atoms with Gasteiger partial charge in [-0.3, -0.25) is 9.48 Å². The lowest BCUT2D eigenvalue weighted by Gasteiger charge is -2.12. The number of hydrogen-bond acceptors (Lipinski definition) is 3. The number of benzene rings is 1. The maximum atomic E-state index is 11.2. The van der Waals surface area contributed by atoms with E-state index in [0.717, 1.165) is 5.56 Å². The van der Waals surface area contributed by atoms with Crippen molar-refractivity contribution in [1.82, 2.24) is 9.78 Å². The zero-order valence-corrected chi connectivity index (χ0v) is 10.9. The van der Waals surface area contributed by atoms with E-state index in [9.17, 15) is 9.59 Å². The van der Waals surface area contributed by atoms with Crippen molar-refractivity contribution < 1.29 is 19.8 Å². The lowest BCUT2D eigenvalue weighted by molar-refractivity contribution is -0.147. The minimum Gasteiger partial charge on any atom is -0.481 e. The Hall–Kier alpha value is -2.63. The van der Waals surface area contributed by atoms with Crippen LogP contribution in [0.25, 0.3) is 11.3 Å². The minimum absolute atomic E-state index is 0.508. The highest BCUT2D eigenvalue weighted by molar-refractivity contribution is 5.79. The van der Waals surface area contributed by atoms with E-state index in [1.165, 1.54) is 4.68 Å². The first kappa shape index (κ1) is 13.8. The third-order valence-electron chi connectivity index (χ3n) is 2.94. The molecule has 0 amide bonds. The molecule has 0 aliphatic rings. The minimum atomic E-state index is -1.21. The number of hydrogen-bond donors (Lipinski definition) is 2. The van der Waals surface area contributed by atoms with Gasteiger partial charge in [-0.15, -0.1) is 0 Å². The molecule has 1 aromatic heterocycles. The van der Waals surface area contributed by atoms with Gasteiger partial charge in [-0.2, -0.15) is 5.10 Å². The van der Waals surface area contributed by atoms with E-state index in [0.29, 0.717) is 11.4 Å². The summed E-state index contributed by atoms with van der Waals surface area (Å²) in [6.07, 6.45) is -0.508. The van der Waals surface area contributed by atoms with Crippen LogP contribution < -0.4 is 0 Å². The van der Waals surface area contributed by atoms with Crippen molar-refractivity contribution in [3.05, 3.63) is 42.1 Å². The first-order valence-corrected chi connectivity index (χ1v) is 6.05. The summed E-state index contributed by atoms with van der Waals surface area (Å²) >= 11 is 0. The van der Waals surface area contributed by atoms with E-state index < -0.39 is 24.4 Å². The molecule has 104 valence electrons. The number of rotatable bonds is 5. The van der Waals surface area contributed by atoms with E-state index in [1.54, 1.807) is 13.0 Å². The van der Waals surface area contributed by atoms with Crippen LogP contribution >= 0.6 is 0 Å². The Morgan fingerprint density at radius 3 is 2.45 bits per heavy atom. The fraction of sp³-hybridized carbons (Fsp3) is 0.214. The Balaban J connectivity index is 2.40. The maximum absolute atomic E-state index is 11.2. The fourth-order valence-electron chi connectivity index (χ4n) is 2.00. The molecule has 1 atom stereocenters. The summed E-state index contributed by atoms with van der Waals surface area (Å²) in [5, 5.41) is 22.2. The molecule has 20 heavy (non-hydrogen) atoms. The van der Waals surface area contributed by atoms with E-state index in [-0.39, 0.29) is 0 Å². The molecule has 2 rings (SSSR count). The SMILES string of the molecule is Cc1cc(-c2ccccc2)nn1[C@@H](CC(=O)O)C(=O)O. The monoisotopic (exact) mass is 274 g/mol. The smallest absolute Gasteiger partial charge is 0.329 e. The number of carbonyl (C=O) groups is 2. The van der Waals surface area contributed by atoms with Gasteiger partial charge in [-0.25, -0.2) is 4.79 Å². The molecule has 0 fully saturated rings. The summed E-state index contributed by atoms with van der Waals surface area (Å²) in [6, 6.07) is 9.85. The average molecular weight is 274 g/mol. The summed E-state index contributed by atoms with van der Waals surface area (Å²) in [5.74, 6) is -2.38. The lowest BCUT2D eigenvalue weighted by atomic mass is 10.1. The summed E-state index contributed by atoms with van der Waals surface area (Å²) in [5.41, 5.74) is 2.09. The Kier molecular flexibility index (Phi) is 3.84. The van der Waals surface area contributed by atoms with Crippen molar-refractivity contribution in [2.24, 2.45) is 0 Å². The highest BCUT2D eigenvalue weighted by atomic mass is 16.4. The van der Waals surface area contributed by atoms with Crippen molar-refractivity contribution in [3.8, 4) is 11.3 Å². The first-order valence-electron chi connectivity index (χ1n) is 6.05. The molecule has 0 saturated heterocycles. The van der Waals surface area contributed by atoms with Crippen LogP contribution in [0, 0.1) is 6.92 Å². The summed E-state index contributed by atoms with van der Waals surface area (Å²) in [6.45, 7) is 1.71. The second-order valence-electron chi connectivity index (χ2n) is 4.43. The summed E-state index contributed by atoms with van der Waals surface area (Å²) < 4.78 is 1.25. The maximum Gasteiger partial charge on any atom is 0.329 e. The predicted octanol–water partition coefficient (Wildman–Crippen LogP) is 1.96. The van der Waals surface area contributed by atoms with Crippen molar-refractivity contribution in [3.63, 3.8) is 0 Å². The third kappa shape index (κ3) is 2.85. The van der Waals surface area contributed by atoms with Gasteiger partial charge >= 0.3 is 11.9 Å². The van der Waals surface area contributed by atoms with Crippen LogP contribution in [0.1, 0.15) is 18.2 Å². The van der Waals surface area contributed by atoms with Gasteiger partial charge in [0.15, 0.2) is 6.04 Å². The highest BCUT2D eigenvalue weighted by Crippen LogP contribution is 2.22. The van der Waals surface area contributed by atoms with Gasteiger partial charge in [0.25, 0.3) is 0 Å². The molecule has 6 heteroatoms. The van der Waals surface area contributed by atoms with E-state index >= 15 is 0 Å². The molecule has 0 radical (unpaired) electrons.